The second-order valence-electron chi connectivity index (χ2n) is 4.75. The molecule has 100 valence electrons. The highest BCUT2D eigenvalue weighted by molar-refractivity contribution is 5.21. The number of ether oxygens (including phenoxy) is 2. The zero-order valence-electron chi connectivity index (χ0n) is 11.2. The summed E-state index contributed by atoms with van der Waals surface area (Å²) in [7, 11) is 0. The molecule has 0 radical (unpaired) electrons. The van der Waals surface area contributed by atoms with Crippen LogP contribution in [-0.2, 0) is 22.6 Å². The molecule has 0 bridgehead atoms. The molecule has 1 atom stereocenters. The average Bonchev–Trinajstić information content (AvgIpc) is 2.91. The molecule has 3 heteroatoms. The van der Waals surface area contributed by atoms with Crippen LogP contribution in [0.3, 0.4) is 0 Å². The maximum Gasteiger partial charge on any atom is 0.0809 e. The number of rotatable bonds is 7. The largest absolute Gasteiger partial charge is 0.376 e. The summed E-state index contributed by atoms with van der Waals surface area (Å²) in [4.78, 5) is 0. The Morgan fingerprint density at radius 3 is 2.72 bits per heavy atom. The molecule has 1 fully saturated rings. The van der Waals surface area contributed by atoms with E-state index < -0.39 is 0 Å². The zero-order valence-corrected chi connectivity index (χ0v) is 11.2. The van der Waals surface area contributed by atoms with Gasteiger partial charge in [-0.15, -0.1) is 0 Å². The van der Waals surface area contributed by atoms with Crippen LogP contribution in [0.1, 0.15) is 30.9 Å². The molecule has 0 saturated carbocycles. The SMILES string of the molecule is CCNCc1ccc(COCC2CCCO2)cc1. The Labute approximate surface area is 109 Å². The highest BCUT2D eigenvalue weighted by atomic mass is 16.5. The third kappa shape index (κ3) is 4.41. The number of hydrogen-bond donors (Lipinski definition) is 1. The summed E-state index contributed by atoms with van der Waals surface area (Å²) in [5.41, 5.74) is 2.55. The summed E-state index contributed by atoms with van der Waals surface area (Å²) in [6.45, 7) is 6.36. The van der Waals surface area contributed by atoms with E-state index in [1.807, 2.05) is 0 Å². The van der Waals surface area contributed by atoms with E-state index in [0.29, 0.717) is 12.7 Å². The van der Waals surface area contributed by atoms with Gasteiger partial charge in [-0.25, -0.2) is 0 Å². The van der Waals surface area contributed by atoms with Crippen molar-refractivity contribution in [2.24, 2.45) is 0 Å². The minimum Gasteiger partial charge on any atom is -0.376 e. The second-order valence-corrected chi connectivity index (χ2v) is 4.75. The van der Waals surface area contributed by atoms with E-state index in [1.165, 1.54) is 17.5 Å². The lowest BCUT2D eigenvalue weighted by atomic mass is 10.1. The van der Waals surface area contributed by atoms with Gasteiger partial charge in [0.15, 0.2) is 0 Å². The van der Waals surface area contributed by atoms with Gasteiger partial charge in [0.1, 0.15) is 0 Å². The van der Waals surface area contributed by atoms with Gasteiger partial charge in [-0.05, 0) is 30.5 Å². The minimum atomic E-state index is 0.318. The first-order chi connectivity index (χ1) is 8.88. The summed E-state index contributed by atoms with van der Waals surface area (Å²) in [5.74, 6) is 0. The molecule has 3 nitrogen and oxygen atoms in total. The summed E-state index contributed by atoms with van der Waals surface area (Å²) < 4.78 is 11.2. The van der Waals surface area contributed by atoms with E-state index in [1.54, 1.807) is 0 Å². The third-order valence-corrected chi connectivity index (χ3v) is 3.20. The normalized spacial score (nSPS) is 19.3. The van der Waals surface area contributed by atoms with Gasteiger partial charge in [0.2, 0.25) is 0 Å². The first-order valence-electron chi connectivity index (χ1n) is 6.86. The molecule has 1 saturated heterocycles. The summed E-state index contributed by atoms with van der Waals surface area (Å²) in [5, 5.41) is 3.32. The van der Waals surface area contributed by atoms with E-state index >= 15 is 0 Å². The molecular weight excluding hydrogens is 226 g/mol. The van der Waals surface area contributed by atoms with Gasteiger partial charge in [0.05, 0.1) is 19.3 Å². The van der Waals surface area contributed by atoms with Gasteiger partial charge in [0, 0.05) is 13.2 Å². The monoisotopic (exact) mass is 249 g/mol. The molecule has 1 aromatic carbocycles. The Hall–Kier alpha value is -0.900. The Morgan fingerprint density at radius 2 is 2.06 bits per heavy atom. The molecule has 0 amide bonds. The van der Waals surface area contributed by atoms with Gasteiger partial charge < -0.3 is 14.8 Å². The van der Waals surface area contributed by atoms with E-state index in [4.69, 9.17) is 9.47 Å². The van der Waals surface area contributed by atoms with E-state index in [0.717, 1.165) is 32.7 Å². The summed E-state index contributed by atoms with van der Waals surface area (Å²) >= 11 is 0. The summed E-state index contributed by atoms with van der Waals surface area (Å²) in [6.07, 6.45) is 2.63. The van der Waals surface area contributed by atoms with Crippen molar-refractivity contribution in [2.45, 2.75) is 39.0 Å². The topological polar surface area (TPSA) is 30.5 Å². The Morgan fingerprint density at radius 1 is 1.28 bits per heavy atom. The predicted octanol–water partition coefficient (Wildman–Crippen LogP) is 2.49. The lowest BCUT2D eigenvalue weighted by Gasteiger charge is -2.10. The van der Waals surface area contributed by atoms with Crippen molar-refractivity contribution in [1.29, 1.82) is 0 Å². The maximum atomic E-state index is 5.68. The molecule has 1 N–H and O–H groups in total. The second kappa shape index (κ2) is 7.52. The highest BCUT2D eigenvalue weighted by Gasteiger charge is 2.15. The van der Waals surface area contributed by atoms with Gasteiger partial charge in [-0.1, -0.05) is 31.2 Å². The predicted molar refractivity (Wildman–Crippen MR) is 72.5 cm³/mol. The molecule has 0 aromatic heterocycles. The van der Waals surface area contributed by atoms with Crippen LogP contribution in [0.2, 0.25) is 0 Å². The smallest absolute Gasteiger partial charge is 0.0809 e. The molecule has 0 spiro atoms. The van der Waals surface area contributed by atoms with E-state index in [2.05, 4.69) is 36.5 Å². The number of nitrogens with one attached hydrogen (secondary N) is 1. The average molecular weight is 249 g/mol. The van der Waals surface area contributed by atoms with Crippen LogP contribution in [-0.4, -0.2) is 25.9 Å². The first-order valence-corrected chi connectivity index (χ1v) is 6.86. The van der Waals surface area contributed by atoms with Gasteiger partial charge in [-0.2, -0.15) is 0 Å². The molecule has 0 aliphatic carbocycles. The van der Waals surface area contributed by atoms with Crippen LogP contribution in [0.15, 0.2) is 24.3 Å². The third-order valence-electron chi connectivity index (χ3n) is 3.20. The molecular formula is C15H23NO2. The van der Waals surface area contributed by atoms with Crippen molar-refractivity contribution in [1.82, 2.24) is 5.32 Å². The standard InChI is InChI=1S/C15H23NO2/c1-2-16-10-13-5-7-14(8-6-13)11-17-12-15-4-3-9-18-15/h5-8,15-16H,2-4,9-12H2,1H3. The van der Waals surface area contributed by atoms with Crippen LogP contribution in [0.25, 0.3) is 0 Å². The maximum absolute atomic E-state index is 5.68. The molecule has 1 aromatic rings. The summed E-state index contributed by atoms with van der Waals surface area (Å²) in [6, 6.07) is 8.60. The molecule has 1 unspecified atom stereocenters. The van der Waals surface area contributed by atoms with Gasteiger partial charge >= 0.3 is 0 Å². The van der Waals surface area contributed by atoms with Crippen molar-refractivity contribution < 1.29 is 9.47 Å². The lowest BCUT2D eigenvalue weighted by Crippen LogP contribution is -2.14. The van der Waals surface area contributed by atoms with Crippen LogP contribution in [0.5, 0.6) is 0 Å². The lowest BCUT2D eigenvalue weighted by molar-refractivity contribution is 0.0106. The Balaban J connectivity index is 1.68. The van der Waals surface area contributed by atoms with Gasteiger partial charge in [0.25, 0.3) is 0 Å². The van der Waals surface area contributed by atoms with Crippen molar-refractivity contribution in [3.05, 3.63) is 35.4 Å². The van der Waals surface area contributed by atoms with Crippen molar-refractivity contribution >= 4 is 0 Å². The van der Waals surface area contributed by atoms with Crippen molar-refractivity contribution in [3.63, 3.8) is 0 Å². The van der Waals surface area contributed by atoms with Crippen LogP contribution in [0.4, 0.5) is 0 Å². The molecule has 1 aliphatic rings. The van der Waals surface area contributed by atoms with Gasteiger partial charge in [-0.3, -0.25) is 0 Å². The molecule has 1 aliphatic heterocycles. The number of hydrogen-bond acceptors (Lipinski definition) is 3. The fourth-order valence-corrected chi connectivity index (χ4v) is 2.11. The quantitative estimate of drug-likeness (QED) is 0.805. The van der Waals surface area contributed by atoms with Crippen LogP contribution < -0.4 is 5.32 Å². The number of benzene rings is 1. The van der Waals surface area contributed by atoms with Crippen LogP contribution >= 0.6 is 0 Å². The van der Waals surface area contributed by atoms with E-state index in [-0.39, 0.29) is 0 Å². The fraction of sp³-hybridized carbons (Fsp3) is 0.600. The fourth-order valence-electron chi connectivity index (χ4n) is 2.11. The molecule has 18 heavy (non-hydrogen) atoms. The van der Waals surface area contributed by atoms with Crippen molar-refractivity contribution in [3.8, 4) is 0 Å². The Bertz CT molecular complexity index is 331. The zero-order chi connectivity index (χ0) is 12.6. The first kappa shape index (κ1) is 13.5. The molecule has 2 rings (SSSR count). The Kier molecular flexibility index (Phi) is 5.65. The highest BCUT2D eigenvalue weighted by Crippen LogP contribution is 2.13. The minimum absolute atomic E-state index is 0.318. The van der Waals surface area contributed by atoms with Crippen molar-refractivity contribution in [2.75, 3.05) is 19.8 Å². The molecule has 1 heterocycles. The van der Waals surface area contributed by atoms with Crippen LogP contribution in [0, 0.1) is 0 Å². The van der Waals surface area contributed by atoms with E-state index in [9.17, 15) is 0 Å².